The number of carbonyl (C=O) groups is 1. The molecule has 76 valence electrons. The Morgan fingerprint density at radius 3 is 2.71 bits per heavy atom. The van der Waals surface area contributed by atoms with Crippen LogP contribution in [0, 0.1) is 6.92 Å². The van der Waals surface area contributed by atoms with E-state index in [4.69, 9.17) is 0 Å². The molecule has 0 aliphatic carbocycles. The molecule has 4 heteroatoms. The Labute approximate surface area is 87.7 Å². The molecule has 2 heterocycles. The Balaban J connectivity index is 2.11. The monoisotopic (exact) mass is 210 g/mol. The first-order valence-corrected chi connectivity index (χ1v) is 5.76. The third-order valence-corrected chi connectivity index (χ3v) is 3.35. The van der Waals surface area contributed by atoms with Crippen LogP contribution in [0.2, 0.25) is 0 Å². The van der Waals surface area contributed by atoms with Crippen molar-refractivity contribution in [3.05, 3.63) is 21.9 Å². The van der Waals surface area contributed by atoms with Crippen LogP contribution < -0.4 is 5.32 Å². The number of rotatable bonds is 1. The number of hydrogen-bond donors (Lipinski definition) is 1. The van der Waals surface area contributed by atoms with Crippen molar-refractivity contribution in [2.45, 2.75) is 6.92 Å². The van der Waals surface area contributed by atoms with Crippen molar-refractivity contribution < 1.29 is 4.79 Å². The normalized spacial score (nSPS) is 17.1. The molecule has 14 heavy (non-hydrogen) atoms. The van der Waals surface area contributed by atoms with E-state index in [-0.39, 0.29) is 5.91 Å². The molecule has 2 rings (SSSR count). The molecule has 0 unspecified atom stereocenters. The standard InChI is InChI=1S/C10H14N2OS/c1-8-6-14-7-9(8)10(13)12-4-2-11-3-5-12/h6-7,11H,2-5H2,1H3. The predicted octanol–water partition coefficient (Wildman–Crippen LogP) is 1.10. The number of thiophene rings is 1. The molecular formula is C10H14N2OS. The van der Waals surface area contributed by atoms with Crippen molar-refractivity contribution in [1.82, 2.24) is 10.2 Å². The quantitative estimate of drug-likeness (QED) is 0.753. The van der Waals surface area contributed by atoms with Crippen LogP contribution in [0.3, 0.4) is 0 Å². The summed E-state index contributed by atoms with van der Waals surface area (Å²) in [6.45, 7) is 5.47. The molecule has 1 amide bonds. The fourth-order valence-corrected chi connectivity index (χ4v) is 2.44. The maximum atomic E-state index is 12.0. The Morgan fingerprint density at radius 1 is 1.43 bits per heavy atom. The summed E-state index contributed by atoms with van der Waals surface area (Å²) in [6, 6.07) is 0. The van der Waals surface area contributed by atoms with Gasteiger partial charge in [0.2, 0.25) is 0 Å². The highest BCUT2D eigenvalue weighted by Crippen LogP contribution is 2.16. The van der Waals surface area contributed by atoms with Crippen molar-refractivity contribution in [2.24, 2.45) is 0 Å². The van der Waals surface area contributed by atoms with Crippen LogP contribution in [0.1, 0.15) is 15.9 Å². The zero-order chi connectivity index (χ0) is 9.97. The molecule has 1 aliphatic heterocycles. The van der Waals surface area contributed by atoms with Gasteiger partial charge < -0.3 is 10.2 Å². The number of amides is 1. The lowest BCUT2D eigenvalue weighted by Gasteiger charge is -2.27. The summed E-state index contributed by atoms with van der Waals surface area (Å²) in [6.07, 6.45) is 0. The minimum atomic E-state index is 0.185. The summed E-state index contributed by atoms with van der Waals surface area (Å²) >= 11 is 1.60. The molecule has 3 nitrogen and oxygen atoms in total. The van der Waals surface area contributed by atoms with Gasteiger partial charge in [0.15, 0.2) is 0 Å². The number of hydrogen-bond acceptors (Lipinski definition) is 3. The molecule has 0 bridgehead atoms. The lowest BCUT2D eigenvalue weighted by Crippen LogP contribution is -2.46. The molecule has 1 saturated heterocycles. The third-order valence-electron chi connectivity index (χ3n) is 2.49. The number of nitrogens with one attached hydrogen (secondary N) is 1. The zero-order valence-electron chi connectivity index (χ0n) is 8.25. The summed E-state index contributed by atoms with van der Waals surface area (Å²) in [5.74, 6) is 0.185. The third kappa shape index (κ3) is 1.81. The summed E-state index contributed by atoms with van der Waals surface area (Å²) in [7, 11) is 0. The van der Waals surface area contributed by atoms with Gasteiger partial charge in [0, 0.05) is 31.6 Å². The molecule has 0 atom stereocenters. The smallest absolute Gasteiger partial charge is 0.255 e. The summed E-state index contributed by atoms with van der Waals surface area (Å²) in [5, 5.41) is 7.21. The van der Waals surface area contributed by atoms with Crippen molar-refractivity contribution in [3.63, 3.8) is 0 Å². The van der Waals surface area contributed by atoms with E-state index in [1.807, 2.05) is 22.6 Å². The van der Waals surface area contributed by atoms with Gasteiger partial charge in [-0.3, -0.25) is 4.79 Å². The maximum absolute atomic E-state index is 12.0. The van der Waals surface area contributed by atoms with Gasteiger partial charge in [-0.25, -0.2) is 0 Å². The van der Waals surface area contributed by atoms with E-state index in [1.54, 1.807) is 11.3 Å². The van der Waals surface area contributed by atoms with E-state index in [1.165, 1.54) is 0 Å². The Kier molecular flexibility index (Phi) is 2.84. The highest BCUT2D eigenvalue weighted by atomic mass is 32.1. The SMILES string of the molecule is Cc1cscc1C(=O)N1CCNCC1. The highest BCUT2D eigenvalue weighted by molar-refractivity contribution is 7.08. The van der Waals surface area contributed by atoms with E-state index < -0.39 is 0 Å². The van der Waals surface area contributed by atoms with Gasteiger partial charge in [0.25, 0.3) is 5.91 Å². The van der Waals surface area contributed by atoms with Crippen LogP contribution in [0.5, 0.6) is 0 Å². The fourth-order valence-electron chi connectivity index (χ4n) is 1.62. The van der Waals surface area contributed by atoms with Gasteiger partial charge >= 0.3 is 0 Å². The number of carbonyl (C=O) groups excluding carboxylic acids is 1. The molecule has 0 radical (unpaired) electrons. The molecule has 0 spiro atoms. The molecular weight excluding hydrogens is 196 g/mol. The summed E-state index contributed by atoms with van der Waals surface area (Å²) in [5.41, 5.74) is 1.97. The van der Waals surface area contributed by atoms with Crippen LogP contribution in [-0.2, 0) is 0 Å². The van der Waals surface area contributed by atoms with Gasteiger partial charge in [0.1, 0.15) is 0 Å². The van der Waals surface area contributed by atoms with Crippen LogP contribution in [-0.4, -0.2) is 37.0 Å². The molecule has 0 aromatic carbocycles. The first kappa shape index (κ1) is 9.68. The van der Waals surface area contributed by atoms with Gasteiger partial charge in [-0.2, -0.15) is 11.3 Å². The average Bonchev–Trinajstić information content (AvgIpc) is 2.65. The van der Waals surface area contributed by atoms with E-state index in [9.17, 15) is 4.79 Å². The summed E-state index contributed by atoms with van der Waals surface area (Å²) < 4.78 is 0. The average molecular weight is 210 g/mol. The second kappa shape index (κ2) is 4.11. The molecule has 1 N–H and O–H groups in total. The Hall–Kier alpha value is -0.870. The second-order valence-corrected chi connectivity index (χ2v) is 4.25. The fraction of sp³-hybridized carbons (Fsp3) is 0.500. The van der Waals surface area contributed by atoms with E-state index in [0.717, 1.165) is 37.3 Å². The zero-order valence-corrected chi connectivity index (χ0v) is 9.06. The topological polar surface area (TPSA) is 32.3 Å². The van der Waals surface area contributed by atoms with Gasteiger partial charge in [-0.15, -0.1) is 0 Å². The van der Waals surface area contributed by atoms with Gasteiger partial charge in [-0.1, -0.05) is 0 Å². The van der Waals surface area contributed by atoms with E-state index >= 15 is 0 Å². The minimum absolute atomic E-state index is 0.185. The Bertz CT molecular complexity index is 329. The number of piperazine rings is 1. The van der Waals surface area contributed by atoms with E-state index in [2.05, 4.69) is 5.32 Å². The van der Waals surface area contributed by atoms with Crippen molar-refractivity contribution >= 4 is 17.2 Å². The van der Waals surface area contributed by atoms with E-state index in [0.29, 0.717) is 0 Å². The second-order valence-electron chi connectivity index (χ2n) is 3.51. The van der Waals surface area contributed by atoms with Gasteiger partial charge in [-0.05, 0) is 17.9 Å². The molecule has 1 aromatic rings. The molecule has 1 aromatic heterocycles. The lowest BCUT2D eigenvalue weighted by atomic mass is 10.2. The van der Waals surface area contributed by atoms with Gasteiger partial charge in [0.05, 0.1) is 5.56 Å². The summed E-state index contributed by atoms with van der Waals surface area (Å²) in [4.78, 5) is 13.9. The largest absolute Gasteiger partial charge is 0.336 e. The minimum Gasteiger partial charge on any atom is -0.336 e. The maximum Gasteiger partial charge on any atom is 0.255 e. The first-order valence-electron chi connectivity index (χ1n) is 4.82. The Morgan fingerprint density at radius 2 is 2.14 bits per heavy atom. The predicted molar refractivity (Wildman–Crippen MR) is 57.8 cm³/mol. The van der Waals surface area contributed by atoms with Crippen molar-refractivity contribution in [1.29, 1.82) is 0 Å². The van der Waals surface area contributed by atoms with Crippen LogP contribution in [0.25, 0.3) is 0 Å². The highest BCUT2D eigenvalue weighted by Gasteiger charge is 2.19. The van der Waals surface area contributed by atoms with Crippen LogP contribution in [0.4, 0.5) is 0 Å². The molecule has 0 saturated carbocycles. The molecule has 1 fully saturated rings. The number of nitrogens with zero attached hydrogens (tertiary/aromatic N) is 1. The molecule has 1 aliphatic rings. The van der Waals surface area contributed by atoms with Crippen molar-refractivity contribution in [2.75, 3.05) is 26.2 Å². The number of aryl methyl sites for hydroxylation is 1. The van der Waals surface area contributed by atoms with Crippen LogP contribution in [0.15, 0.2) is 10.8 Å². The van der Waals surface area contributed by atoms with Crippen molar-refractivity contribution in [3.8, 4) is 0 Å². The lowest BCUT2D eigenvalue weighted by molar-refractivity contribution is 0.0735. The first-order chi connectivity index (χ1) is 6.79. The van der Waals surface area contributed by atoms with Crippen LogP contribution >= 0.6 is 11.3 Å².